The van der Waals surface area contributed by atoms with Crippen molar-refractivity contribution < 1.29 is 24.5 Å². The number of ether oxygens (including phenoxy) is 1. The molecule has 6 heteroatoms. The van der Waals surface area contributed by atoms with Gasteiger partial charge in [-0.05, 0) is 57.8 Å². The Hall–Kier alpha value is -1.66. The quantitative estimate of drug-likeness (QED) is 0.0320. The molecule has 2 unspecified atom stereocenters. The fraction of sp³-hybridized carbons (Fsp3) is 0.914. The van der Waals surface area contributed by atoms with Crippen molar-refractivity contribution in [2.24, 2.45) is 0 Å². The Bertz CT molecular complexity index is 1190. The number of rotatable bonds is 65. The molecule has 0 aliphatic carbocycles. The summed E-state index contributed by atoms with van der Waals surface area (Å²) < 4.78 is 5.51. The maximum atomic E-state index is 12.4. The zero-order chi connectivity index (χ0) is 55.0. The number of unbranched alkanes of at least 4 members (excludes halogenated alkanes) is 52. The van der Waals surface area contributed by atoms with E-state index >= 15 is 0 Å². The molecule has 0 rings (SSSR count). The maximum Gasteiger partial charge on any atom is 0.305 e. The average Bonchev–Trinajstić information content (AvgIpc) is 3.42. The van der Waals surface area contributed by atoms with E-state index in [4.69, 9.17) is 4.74 Å². The smallest absolute Gasteiger partial charge is 0.305 e. The first-order valence-corrected chi connectivity index (χ1v) is 34.6. The van der Waals surface area contributed by atoms with Gasteiger partial charge in [0.1, 0.15) is 0 Å². The molecule has 0 aliphatic heterocycles. The van der Waals surface area contributed by atoms with Crippen LogP contribution in [0.4, 0.5) is 0 Å². The van der Waals surface area contributed by atoms with Crippen LogP contribution in [0.3, 0.4) is 0 Å². The summed E-state index contributed by atoms with van der Waals surface area (Å²) in [6, 6.07) is -0.623. The van der Waals surface area contributed by atoms with E-state index in [1.54, 1.807) is 6.08 Å². The van der Waals surface area contributed by atoms with Gasteiger partial charge in [0.25, 0.3) is 0 Å². The van der Waals surface area contributed by atoms with Gasteiger partial charge in [-0.15, -0.1) is 0 Å². The molecule has 0 bridgehead atoms. The maximum absolute atomic E-state index is 12.4. The van der Waals surface area contributed by atoms with Crippen LogP contribution in [-0.4, -0.2) is 47.4 Å². The number of aliphatic hydroxyl groups is 2. The number of aliphatic hydroxyl groups excluding tert-OH is 2. The zero-order valence-corrected chi connectivity index (χ0v) is 51.5. The van der Waals surface area contributed by atoms with Crippen molar-refractivity contribution in [1.82, 2.24) is 5.32 Å². The van der Waals surface area contributed by atoms with Gasteiger partial charge in [-0.25, -0.2) is 0 Å². The standard InChI is InChI=1S/C70H135NO5/c1-3-5-7-9-11-13-14-15-16-34-38-41-44-48-52-56-60-64-70(75)76-65-61-57-53-49-45-42-39-36-33-31-29-27-25-23-21-19-17-18-20-22-24-26-28-30-32-35-37-40-43-47-51-55-59-63-69(74)71-67(66-72)68(73)62-58-54-50-46-12-10-8-6-4-2/h21,23,58,62,67-68,72-73H,3-20,22,24-57,59-61,63-66H2,1-2H3,(H,71,74)/b23-21-,62-58+. The van der Waals surface area contributed by atoms with E-state index in [0.29, 0.717) is 19.4 Å². The van der Waals surface area contributed by atoms with Gasteiger partial charge in [0.2, 0.25) is 5.91 Å². The lowest BCUT2D eigenvalue weighted by atomic mass is 10.0. The van der Waals surface area contributed by atoms with Crippen LogP contribution in [0.15, 0.2) is 24.3 Å². The molecule has 0 spiro atoms. The highest BCUT2D eigenvalue weighted by atomic mass is 16.5. The van der Waals surface area contributed by atoms with Gasteiger partial charge in [0.05, 0.1) is 25.4 Å². The van der Waals surface area contributed by atoms with Gasteiger partial charge in [0, 0.05) is 12.8 Å². The van der Waals surface area contributed by atoms with Crippen molar-refractivity contribution in [1.29, 1.82) is 0 Å². The molecule has 0 saturated carbocycles. The van der Waals surface area contributed by atoms with Crippen molar-refractivity contribution in [3.8, 4) is 0 Å². The first-order valence-electron chi connectivity index (χ1n) is 34.6. The molecule has 1 amide bonds. The number of hydrogen-bond acceptors (Lipinski definition) is 5. The van der Waals surface area contributed by atoms with Crippen LogP contribution in [0.25, 0.3) is 0 Å². The fourth-order valence-corrected chi connectivity index (χ4v) is 10.9. The lowest BCUT2D eigenvalue weighted by molar-refractivity contribution is -0.143. The second-order valence-electron chi connectivity index (χ2n) is 23.9. The third kappa shape index (κ3) is 61.6. The summed E-state index contributed by atoms with van der Waals surface area (Å²) in [5.74, 6) is -0.0433. The number of carbonyl (C=O) groups is 2. The topological polar surface area (TPSA) is 95.9 Å². The van der Waals surface area contributed by atoms with Crippen molar-refractivity contribution in [3.05, 3.63) is 24.3 Å². The van der Waals surface area contributed by atoms with Crippen molar-refractivity contribution in [2.45, 2.75) is 398 Å². The molecule has 3 N–H and O–H groups in total. The molecule has 76 heavy (non-hydrogen) atoms. The van der Waals surface area contributed by atoms with Gasteiger partial charge in [-0.2, -0.15) is 0 Å². The number of nitrogens with one attached hydrogen (secondary N) is 1. The predicted molar refractivity (Wildman–Crippen MR) is 333 cm³/mol. The normalized spacial score (nSPS) is 12.6. The summed E-state index contributed by atoms with van der Waals surface area (Å²) in [5.41, 5.74) is 0. The summed E-state index contributed by atoms with van der Waals surface area (Å²) in [5, 5.41) is 23.0. The van der Waals surface area contributed by atoms with Gasteiger partial charge in [0.15, 0.2) is 0 Å². The fourth-order valence-electron chi connectivity index (χ4n) is 10.9. The number of hydrogen-bond donors (Lipinski definition) is 3. The van der Waals surface area contributed by atoms with E-state index in [-0.39, 0.29) is 18.5 Å². The van der Waals surface area contributed by atoms with Crippen LogP contribution < -0.4 is 5.32 Å². The predicted octanol–water partition coefficient (Wildman–Crippen LogP) is 22.1. The third-order valence-corrected chi connectivity index (χ3v) is 16.2. The minimum atomic E-state index is -0.839. The molecular weight excluding hydrogens is 935 g/mol. The Labute approximate surface area is 475 Å². The van der Waals surface area contributed by atoms with Crippen LogP contribution in [0.1, 0.15) is 386 Å². The van der Waals surface area contributed by atoms with Gasteiger partial charge < -0.3 is 20.3 Å². The minimum Gasteiger partial charge on any atom is -0.466 e. The molecular formula is C70H135NO5. The molecule has 0 aromatic rings. The van der Waals surface area contributed by atoms with E-state index in [1.807, 2.05) is 6.08 Å². The Morgan fingerprint density at radius 2 is 0.618 bits per heavy atom. The lowest BCUT2D eigenvalue weighted by Crippen LogP contribution is -2.45. The second-order valence-corrected chi connectivity index (χ2v) is 23.9. The SMILES string of the molecule is CCCCCCCCC/C=C/C(O)C(CO)NC(=O)CCCCCCCCCCCCCCCCCCC/C=C\CCCCCCCCCCCCCCOC(=O)CCCCCCCCCCCCCCCCCCC. The summed E-state index contributed by atoms with van der Waals surface area (Å²) in [4.78, 5) is 24.5. The molecule has 0 aromatic carbocycles. The molecule has 0 saturated heterocycles. The summed E-state index contributed by atoms with van der Waals surface area (Å²) >= 11 is 0. The summed E-state index contributed by atoms with van der Waals surface area (Å²) in [6.45, 7) is 4.91. The van der Waals surface area contributed by atoms with Crippen LogP contribution in [0.2, 0.25) is 0 Å². The van der Waals surface area contributed by atoms with Gasteiger partial charge >= 0.3 is 5.97 Å². The molecule has 0 aromatic heterocycles. The monoisotopic (exact) mass is 1070 g/mol. The van der Waals surface area contributed by atoms with Crippen LogP contribution in [0.5, 0.6) is 0 Å². The van der Waals surface area contributed by atoms with Crippen LogP contribution in [0, 0.1) is 0 Å². The largest absolute Gasteiger partial charge is 0.466 e. The van der Waals surface area contributed by atoms with E-state index in [1.165, 1.54) is 321 Å². The van der Waals surface area contributed by atoms with Gasteiger partial charge in [-0.3, -0.25) is 9.59 Å². The molecule has 0 heterocycles. The third-order valence-electron chi connectivity index (χ3n) is 16.2. The molecule has 450 valence electrons. The average molecular weight is 1070 g/mol. The molecule has 0 fully saturated rings. The number of amides is 1. The van der Waals surface area contributed by atoms with E-state index < -0.39 is 12.1 Å². The highest BCUT2D eigenvalue weighted by molar-refractivity contribution is 5.76. The van der Waals surface area contributed by atoms with E-state index in [2.05, 4.69) is 31.3 Å². The van der Waals surface area contributed by atoms with E-state index in [9.17, 15) is 19.8 Å². The Morgan fingerprint density at radius 3 is 0.934 bits per heavy atom. The van der Waals surface area contributed by atoms with Crippen LogP contribution in [-0.2, 0) is 14.3 Å². The Balaban J connectivity index is 3.31. The number of carbonyl (C=O) groups excluding carboxylic acids is 2. The highest BCUT2D eigenvalue weighted by Crippen LogP contribution is 2.18. The van der Waals surface area contributed by atoms with Crippen LogP contribution >= 0.6 is 0 Å². The minimum absolute atomic E-state index is 0.0229. The molecule has 0 aliphatic rings. The lowest BCUT2D eigenvalue weighted by Gasteiger charge is -2.20. The molecule has 0 radical (unpaired) electrons. The number of esters is 1. The van der Waals surface area contributed by atoms with Crippen molar-refractivity contribution >= 4 is 11.9 Å². The number of allylic oxidation sites excluding steroid dienone is 3. The second kappa shape index (κ2) is 65.9. The molecule has 2 atom stereocenters. The Morgan fingerprint density at radius 1 is 0.355 bits per heavy atom. The van der Waals surface area contributed by atoms with E-state index in [0.717, 1.165) is 38.5 Å². The summed E-state index contributed by atoms with van der Waals surface area (Å²) in [7, 11) is 0. The summed E-state index contributed by atoms with van der Waals surface area (Å²) in [6.07, 6.45) is 82.8. The van der Waals surface area contributed by atoms with Gasteiger partial charge in [-0.1, -0.05) is 340 Å². The van der Waals surface area contributed by atoms with Crippen molar-refractivity contribution in [2.75, 3.05) is 13.2 Å². The highest BCUT2D eigenvalue weighted by Gasteiger charge is 2.18. The van der Waals surface area contributed by atoms with Crippen molar-refractivity contribution in [3.63, 3.8) is 0 Å². The first kappa shape index (κ1) is 74.3. The first-order chi connectivity index (χ1) is 37.5. The Kier molecular flexibility index (Phi) is 64.4. The zero-order valence-electron chi connectivity index (χ0n) is 51.5. The molecule has 6 nitrogen and oxygen atoms in total.